The van der Waals surface area contributed by atoms with Crippen molar-refractivity contribution >= 4 is 38.2 Å². The van der Waals surface area contributed by atoms with Crippen LogP contribution in [0.2, 0.25) is 5.15 Å². The molecule has 0 spiro atoms. The largest absolute Gasteiger partial charge is 0.268 e. The number of anilines is 1. The zero-order valence-electron chi connectivity index (χ0n) is 7.66. The molecule has 84 valence electrons. The maximum atomic E-state index is 11.8. The lowest BCUT2D eigenvalue weighted by Crippen LogP contribution is -2.12. The van der Waals surface area contributed by atoms with Crippen molar-refractivity contribution in [3.63, 3.8) is 0 Å². The van der Waals surface area contributed by atoms with Crippen molar-refractivity contribution in [3.05, 3.63) is 29.7 Å². The minimum absolute atomic E-state index is 0.0764. The molecular weight excluding hydrogens is 272 g/mol. The van der Waals surface area contributed by atoms with Gasteiger partial charge in [-0.05, 0) is 12.1 Å². The Morgan fingerprint density at radius 3 is 2.88 bits per heavy atom. The van der Waals surface area contributed by atoms with E-state index in [-0.39, 0.29) is 10.0 Å². The Hall–Kier alpha value is -1.25. The molecule has 2 heterocycles. The summed E-state index contributed by atoms with van der Waals surface area (Å²) in [4.78, 5) is 3.61. The van der Waals surface area contributed by atoms with Gasteiger partial charge in [0.2, 0.25) is 0 Å². The predicted molar refractivity (Wildman–Crippen MR) is 60.0 cm³/mol. The normalized spacial score (nSPS) is 11.3. The number of halogens is 1. The van der Waals surface area contributed by atoms with Crippen molar-refractivity contribution in [2.45, 2.75) is 4.90 Å². The van der Waals surface area contributed by atoms with E-state index < -0.39 is 10.0 Å². The summed E-state index contributed by atoms with van der Waals surface area (Å²) < 4.78 is 29.5. The molecule has 16 heavy (non-hydrogen) atoms. The number of nitrogens with one attached hydrogen (secondary N) is 1. The molecule has 2 aromatic heterocycles. The van der Waals surface area contributed by atoms with Crippen molar-refractivity contribution < 1.29 is 8.42 Å². The maximum absolute atomic E-state index is 11.8. The second-order valence-corrected chi connectivity index (χ2v) is 5.47. The number of pyridine rings is 1. The van der Waals surface area contributed by atoms with Crippen molar-refractivity contribution in [1.82, 2.24) is 14.6 Å². The first-order chi connectivity index (χ1) is 7.59. The number of nitrogens with zero attached hydrogens (tertiary/aromatic N) is 3. The number of hydrogen-bond donors (Lipinski definition) is 1. The second kappa shape index (κ2) is 4.32. The van der Waals surface area contributed by atoms with Crippen LogP contribution >= 0.6 is 23.1 Å². The Labute approximate surface area is 101 Å². The van der Waals surface area contributed by atoms with Gasteiger partial charge in [-0.3, -0.25) is 4.72 Å². The third-order valence-corrected chi connectivity index (χ3v) is 4.13. The summed E-state index contributed by atoms with van der Waals surface area (Å²) in [5.41, 5.74) is 0. The number of sulfonamides is 1. The number of hydrogen-bond acceptors (Lipinski definition) is 6. The van der Waals surface area contributed by atoms with Crippen LogP contribution in [0.4, 0.5) is 5.00 Å². The van der Waals surface area contributed by atoms with E-state index in [9.17, 15) is 8.42 Å². The van der Waals surface area contributed by atoms with E-state index in [2.05, 4.69) is 19.3 Å². The van der Waals surface area contributed by atoms with Gasteiger partial charge in [-0.15, -0.1) is 5.10 Å². The Balaban J connectivity index is 2.37. The van der Waals surface area contributed by atoms with Crippen LogP contribution < -0.4 is 4.72 Å². The molecule has 0 amide bonds. The molecule has 2 rings (SSSR count). The van der Waals surface area contributed by atoms with E-state index in [1.54, 1.807) is 0 Å². The lowest BCUT2D eigenvalue weighted by atomic mass is 10.5. The fraction of sp³-hybridized carbons (Fsp3) is 0. The standard InChI is InChI=1S/C7H5ClN4O2S2/c8-7-5(2-1-3-9-7)16(13,14)11-6-4-10-12-15-6/h1-4,11H. The average molecular weight is 277 g/mol. The fourth-order valence-electron chi connectivity index (χ4n) is 0.971. The minimum atomic E-state index is -3.73. The quantitative estimate of drug-likeness (QED) is 0.856. The lowest BCUT2D eigenvalue weighted by molar-refractivity contribution is 0.601. The molecule has 0 aliphatic rings. The van der Waals surface area contributed by atoms with Crippen molar-refractivity contribution in [2.24, 2.45) is 0 Å². The summed E-state index contributed by atoms with van der Waals surface area (Å²) in [5.74, 6) is 0. The third-order valence-electron chi connectivity index (χ3n) is 1.61. The van der Waals surface area contributed by atoms with Crippen LogP contribution in [0.15, 0.2) is 29.4 Å². The molecule has 0 radical (unpaired) electrons. The monoisotopic (exact) mass is 276 g/mol. The highest BCUT2D eigenvalue weighted by Gasteiger charge is 2.19. The van der Waals surface area contributed by atoms with Crippen LogP contribution in [-0.2, 0) is 10.0 Å². The molecular formula is C7H5ClN4O2S2. The highest BCUT2D eigenvalue weighted by Crippen LogP contribution is 2.22. The molecule has 2 aromatic rings. The highest BCUT2D eigenvalue weighted by atomic mass is 35.5. The van der Waals surface area contributed by atoms with Crippen LogP contribution in [-0.4, -0.2) is 23.0 Å². The van der Waals surface area contributed by atoms with E-state index in [4.69, 9.17) is 11.6 Å². The van der Waals surface area contributed by atoms with E-state index in [1.807, 2.05) is 0 Å². The van der Waals surface area contributed by atoms with Crippen LogP contribution in [0, 0.1) is 0 Å². The van der Waals surface area contributed by atoms with Gasteiger partial charge < -0.3 is 0 Å². The smallest absolute Gasteiger partial charge is 0.265 e. The lowest BCUT2D eigenvalue weighted by Gasteiger charge is -2.05. The Morgan fingerprint density at radius 1 is 1.44 bits per heavy atom. The molecule has 0 saturated heterocycles. The first kappa shape index (κ1) is 11.2. The fourth-order valence-corrected chi connectivity index (χ4v) is 3.11. The summed E-state index contributed by atoms with van der Waals surface area (Å²) in [6.45, 7) is 0. The first-order valence-electron chi connectivity index (χ1n) is 4.00. The van der Waals surface area contributed by atoms with Crippen LogP contribution in [0.25, 0.3) is 0 Å². The third kappa shape index (κ3) is 2.29. The molecule has 0 saturated carbocycles. The van der Waals surface area contributed by atoms with E-state index in [1.165, 1.54) is 24.5 Å². The summed E-state index contributed by atoms with van der Waals surface area (Å²) >= 11 is 6.63. The van der Waals surface area contributed by atoms with E-state index >= 15 is 0 Å². The summed E-state index contributed by atoms with van der Waals surface area (Å²) in [6.07, 6.45) is 2.72. The van der Waals surface area contributed by atoms with Crippen LogP contribution in [0.1, 0.15) is 0 Å². The first-order valence-corrected chi connectivity index (χ1v) is 6.64. The Morgan fingerprint density at radius 2 is 2.25 bits per heavy atom. The van der Waals surface area contributed by atoms with Gasteiger partial charge in [0.05, 0.1) is 6.20 Å². The molecule has 6 nitrogen and oxygen atoms in total. The van der Waals surface area contributed by atoms with Crippen molar-refractivity contribution in [1.29, 1.82) is 0 Å². The van der Waals surface area contributed by atoms with Crippen molar-refractivity contribution in [2.75, 3.05) is 4.72 Å². The highest BCUT2D eigenvalue weighted by molar-refractivity contribution is 7.93. The molecule has 0 aliphatic heterocycles. The van der Waals surface area contributed by atoms with Gasteiger partial charge in [-0.25, -0.2) is 13.4 Å². The second-order valence-electron chi connectivity index (χ2n) is 2.68. The molecule has 1 N–H and O–H groups in total. The molecule has 0 unspecified atom stereocenters. The van der Waals surface area contributed by atoms with Gasteiger partial charge in [-0.2, -0.15) is 0 Å². The number of rotatable bonds is 3. The van der Waals surface area contributed by atoms with Crippen molar-refractivity contribution in [3.8, 4) is 0 Å². The summed E-state index contributed by atoms with van der Waals surface area (Å²) in [5, 5.41) is 3.76. The van der Waals surface area contributed by atoms with Gasteiger partial charge in [-0.1, -0.05) is 16.1 Å². The molecule has 0 fully saturated rings. The van der Waals surface area contributed by atoms with Crippen LogP contribution in [0.5, 0.6) is 0 Å². The molecule has 0 aromatic carbocycles. The molecule has 0 aliphatic carbocycles. The van der Waals surface area contributed by atoms with Gasteiger partial charge in [0.25, 0.3) is 10.0 Å². The molecule has 0 bridgehead atoms. The van der Waals surface area contributed by atoms with E-state index in [0.29, 0.717) is 5.00 Å². The molecule has 0 atom stereocenters. The minimum Gasteiger partial charge on any atom is -0.268 e. The predicted octanol–water partition coefficient (Wildman–Crippen LogP) is 1.39. The van der Waals surface area contributed by atoms with Gasteiger partial charge in [0.15, 0.2) is 0 Å². The van der Waals surface area contributed by atoms with Gasteiger partial charge in [0, 0.05) is 17.7 Å². The summed E-state index contributed by atoms with van der Waals surface area (Å²) in [6, 6.07) is 2.86. The maximum Gasteiger partial charge on any atom is 0.265 e. The SMILES string of the molecule is O=S(=O)(Nc1cnns1)c1cccnc1Cl. The number of aromatic nitrogens is 3. The zero-order chi connectivity index (χ0) is 11.6. The Kier molecular flexibility index (Phi) is 3.03. The topological polar surface area (TPSA) is 84.8 Å². The van der Waals surface area contributed by atoms with Crippen LogP contribution in [0.3, 0.4) is 0 Å². The molecule has 9 heteroatoms. The van der Waals surface area contributed by atoms with Gasteiger partial charge >= 0.3 is 0 Å². The summed E-state index contributed by atoms with van der Waals surface area (Å²) in [7, 11) is -3.73. The van der Waals surface area contributed by atoms with Gasteiger partial charge in [0.1, 0.15) is 15.0 Å². The average Bonchev–Trinajstić information content (AvgIpc) is 2.70. The Bertz CT molecular complexity index is 584. The van der Waals surface area contributed by atoms with E-state index in [0.717, 1.165) is 11.5 Å². The zero-order valence-corrected chi connectivity index (χ0v) is 10.1.